The minimum absolute atomic E-state index is 0.0746. The molecule has 0 radical (unpaired) electrons. The van der Waals surface area contributed by atoms with Gasteiger partial charge in [-0.1, -0.05) is 24.3 Å². The Labute approximate surface area is 196 Å². The molecular weight excluding hydrogens is 468 g/mol. The quantitative estimate of drug-likeness (QED) is 0.327. The molecule has 6 nitrogen and oxygen atoms in total. The molecule has 0 atom stereocenters. The van der Waals surface area contributed by atoms with E-state index in [0.717, 1.165) is 11.3 Å². The summed E-state index contributed by atoms with van der Waals surface area (Å²) >= 11 is 3.47. The van der Waals surface area contributed by atoms with E-state index in [1.165, 1.54) is 0 Å². The lowest BCUT2D eigenvalue weighted by Gasteiger charge is -2.36. The van der Waals surface area contributed by atoms with Gasteiger partial charge in [0.15, 0.2) is 6.61 Å². The van der Waals surface area contributed by atoms with Crippen molar-refractivity contribution in [3.05, 3.63) is 76.3 Å². The normalized spacial score (nSPS) is 13.8. The highest BCUT2D eigenvalue weighted by Crippen LogP contribution is 2.32. The molecule has 1 aliphatic rings. The van der Waals surface area contributed by atoms with Crippen molar-refractivity contribution in [3.63, 3.8) is 0 Å². The molecule has 2 aromatic carbocycles. The number of rotatable bonds is 7. The Morgan fingerprint density at radius 3 is 2.50 bits per heavy atom. The molecule has 0 saturated carbocycles. The van der Waals surface area contributed by atoms with Gasteiger partial charge in [0.1, 0.15) is 23.5 Å². The summed E-state index contributed by atoms with van der Waals surface area (Å²) in [6.07, 6.45) is 3.85. The fraction of sp³-hybridized carbons (Fsp3) is 0.240. The summed E-state index contributed by atoms with van der Waals surface area (Å²) in [6, 6.07) is 17.7. The summed E-state index contributed by atoms with van der Waals surface area (Å²) in [5, 5.41) is 18.5. The van der Waals surface area contributed by atoms with Crippen LogP contribution in [0.5, 0.6) is 5.75 Å². The van der Waals surface area contributed by atoms with E-state index in [1.807, 2.05) is 30.3 Å². The van der Waals surface area contributed by atoms with E-state index in [4.69, 9.17) is 10.00 Å². The number of hydrogen-bond acceptors (Lipinski definition) is 5. The van der Waals surface area contributed by atoms with Crippen molar-refractivity contribution in [2.24, 2.45) is 0 Å². The number of halogens is 1. The van der Waals surface area contributed by atoms with Crippen LogP contribution in [0, 0.1) is 22.7 Å². The van der Waals surface area contributed by atoms with Crippen LogP contribution in [0.1, 0.15) is 11.1 Å². The zero-order valence-electron chi connectivity index (χ0n) is 17.6. The number of allylic oxidation sites excluding steroid dienone is 1. The molecule has 0 bridgehead atoms. The minimum atomic E-state index is -0.272. The second-order valence-corrected chi connectivity index (χ2v) is 8.07. The first-order valence-electron chi connectivity index (χ1n) is 10.2. The lowest BCUT2D eigenvalue weighted by Crippen LogP contribution is -2.49. The van der Waals surface area contributed by atoms with E-state index in [2.05, 4.69) is 45.6 Å². The molecule has 1 fully saturated rings. The first-order valence-corrected chi connectivity index (χ1v) is 11.0. The second-order valence-electron chi connectivity index (χ2n) is 7.22. The van der Waals surface area contributed by atoms with Gasteiger partial charge in [0.25, 0.3) is 5.91 Å². The molecule has 1 amide bonds. The number of para-hydroxylation sites is 1. The molecule has 1 aliphatic heterocycles. The first-order chi connectivity index (χ1) is 15.6. The van der Waals surface area contributed by atoms with Crippen LogP contribution >= 0.6 is 15.9 Å². The average Bonchev–Trinajstić information content (AvgIpc) is 2.82. The summed E-state index contributed by atoms with van der Waals surface area (Å²) < 4.78 is 6.18. The van der Waals surface area contributed by atoms with Gasteiger partial charge in [0.2, 0.25) is 0 Å². The second kappa shape index (κ2) is 11.2. The Bertz CT molecular complexity index is 1090. The number of amides is 1. The predicted octanol–water partition coefficient (Wildman–Crippen LogP) is 4.34. The third-order valence-corrected chi connectivity index (χ3v) is 5.73. The maximum absolute atomic E-state index is 13.0. The number of carbonyl (C=O) groups is 1. The van der Waals surface area contributed by atoms with Gasteiger partial charge >= 0.3 is 0 Å². The zero-order chi connectivity index (χ0) is 22.9. The fourth-order valence-corrected chi connectivity index (χ4v) is 4.25. The van der Waals surface area contributed by atoms with Gasteiger partial charge in [-0.2, -0.15) is 10.5 Å². The molecule has 1 heterocycles. The standard InChI is InChI=1S/C25H23BrN4O2/c1-2-6-20-15-19(17-23(26)24(20)32-14-9-27)16-21(18-28)25(31)30-12-10-29(11-13-30)22-7-4-3-5-8-22/h2-5,7-8,15-17H,1,6,10-14H2/b21-16-. The number of nitriles is 2. The minimum Gasteiger partial charge on any atom is -0.477 e. The van der Waals surface area contributed by atoms with Crippen LogP contribution in [0.4, 0.5) is 5.69 Å². The maximum atomic E-state index is 13.0. The van der Waals surface area contributed by atoms with Crippen molar-refractivity contribution in [1.82, 2.24) is 4.90 Å². The van der Waals surface area contributed by atoms with Gasteiger partial charge < -0.3 is 14.5 Å². The SMILES string of the molecule is C=CCc1cc(/C=C(/C#N)C(=O)N2CCN(c3ccccc3)CC2)cc(Br)c1OCC#N. The van der Waals surface area contributed by atoms with E-state index in [1.54, 1.807) is 23.1 Å². The molecule has 0 spiro atoms. The number of anilines is 1. The topological polar surface area (TPSA) is 80.4 Å². The number of ether oxygens (including phenoxy) is 1. The van der Waals surface area contributed by atoms with E-state index in [9.17, 15) is 10.1 Å². The lowest BCUT2D eigenvalue weighted by molar-refractivity contribution is -0.126. The van der Waals surface area contributed by atoms with E-state index in [0.29, 0.717) is 48.4 Å². The van der Waals surface area contributed by atoms with Crippen molar-refractivity contribution in [2.45, 2.75) is 6.42 Å². The molecule has 1 saturated heterocycles. The highest BCUT2D eigenvalue weighted by molar-refractivity contribution is 9.10. The Hall–Kier alpha value is -3.55. The van der Waals surface area contributed by atoms with E-state index in [-0.39, 0.29) is 18.1 Å². The number of hydrogen-bond donors (Lipinski definition) is 0. The monoisotopic (exact) mass is 490 g/mol. The average molecular weight is 491 g/mol. The molecule has 2 aromatic rings. The van der Waals surface area contributed by atoms with Crippen LogP contribution in [0.25, 0.3) is 6.08 Å². The van der Waals surface area contributed by atoms with Crippen molar-refractivity contribution in [3.8, 4) is 17.9 Å². The van der Waals surface area contributed by atoms with Gasteiger partial charge in [-0.3, -0.25) is 4.79 Å². The molecular formula is C25H23BrN4O2. The van der Waals surface area contributed by atoms with Gasteiger partial charge in [0.05, 0.1) is 4.47 Å². The van der Waals surface area contributed by atoms with Crippen LogP contribution < -0.4 is 9.64 Å². The Morgan fingerprint density at radius 1 is 1.16 bits per heavy atom. The Balaban J connectivity index is 1.77. The van der Waals surface area contributed by atoms with Gasteiger partial charge in [-0.05, 0) is 63.8 Å². The lowest BCUT2D eigenvalue weighted by atomic mass is 10.0. The summed E-state index contributed by atoms with van der Waals surface area (Å²) in [7, 11) is 0. The first kappa shape index (κ1) is 23.1. The van der Waals surface area contributed by atoms with Crippen LogP contribution in [0.15, 0.2) is 65.2 Å². The largest absolute Gasteiger partial charge is 0.477 e. The third kappa shape index (κ3) is 5.57. The molecule has 0 unspecified atom stereocenters. The fourth-order valence-electron chi connectivity index (χ4n) is 3.62. The van der Waals surface area contributed by atoms with E-state index >= 15 is 0 Å². The van der Waals surface area contributed by atoms with Crippen LogP contribution in [0.2, 0.25) is 0 Å². The molecule has 0 aromatic heterocycles. The summed E-state index contributed by atoms with van der Waals surface area (Å²) in [5.41, 5.74) is 2.73. The van der Waals surface area contributed by atoms with Crippen molar-refractivity contribution >= 4 is 33.6 Å². The number of nitrogens with zero attached hydrogens (tertiary/aromatic N) is 4. The van der Waals surface area contributed by atoms with Crippen molar-refractivity contribution in [2.75, 3.05) is 37.7 Å². The zero-order valence-corrected chi connectivity index (χ0v) is 19.2. The Kier molecular flexibility index (Phi) is 8.08. The number of piperazine rings is 1. The summed E-state index contributed by atoms with van der Waals surface area (Å²) in [5.74, 6) is 0.289. The van der Waals surface area contributed by atoms with E-state index < -0.39 is 0 Å². The van der Waals surface area contributed by atoms with Gasteiger partial charge in [0, 0.05) is 31.9 Å². The number of carbonyl (C=O) groups excluding carboxylic acids is 1. The molecule has 0 N–H and O–H groups in total. The highest BCUT2D eigenvalue weighted by Gasteiger charge is 2.24. The molecule has 0 aliphatic carbocycles. The predicted molar refractivity (Wildman–Crippen MR) is 128 cm³/mol. The van der Waals surface area contributed by atoms with Crippen molar-refractivity contribution < 1.29 is 9.53 Å². The molecule has 32 heavy (non-hydrogen) atoms. The van der Waals surface area contributed by atoms with Crippen molar-refractivity contribution in [1.29, 1.82) is 10.5 Å². The van der Waals surface area contributed by atoms with Crippen LogP contribution in [-0.4, -0.2) is 43.6 Å². The van der Waals surface area contributed by atoms with Crippen LogP contribution in [0.3, 0.4) is 0 Å². The highest BCUT2D eigenvalue weighted by atomic mass is 79.9. The summed E-state index contributed by atoms with van der Waals surface area (Å²) in [6.45, 7) is 6.23. The van der Waals surface area contributed by atoms with Gasteiger partial charge in [-0.15, -0.1) is 6.58 Å². The number of benzene rings is 2. The third-order valence-electron chi connectivity index (χ3n) is 5.14. The molecule has 7 heteroatoms. The van der Waals surface area contributed by atoms with Gasteiger partial charge in [-0.25, -0.2) is 0 Å². The molecule has 3 rings (SSSR count). The van der Waals surface area contributed by atoms with Crippen LogP contribution in [-0.2, 0) is 11.2 Å². The molecule has 162 valence electrons. The maximum Gasteiger partial charge on any atom is 0.264 e. The smallest absolute Gasteiger partial charge is 0.264 e. The Morgan fingerprint density at radius 2 is 1.88 bits per heavy atom. The summed E-state index contributed by atoms with van der Waals surface area (Å²) in [4.78, 5) is 17.0.